The van der Waals surface area contributed by atoms with Crippen molar-refractivity contribution in [2.45, 2.75) is 49.7 Å². The minimum atomic E-state index is -0.187. The van der Waals surface area contributed by atoms with E-state index < -0.39 is 0 Å². The maximum absolute atomic E-state index is 13.3. The largest absolute Gasteiger partial charge is 0.327 e. The maximum atomic E-state index is 13.3. The second-order valence-electron chi connectivity index (χ2n) is 7.58. The summed E-state index contributed by atoms with van der Waals surface area (Å²) in [6, 6.07) is 9.71. The van der Waals surface area contributed by atoms with Crippen LogP contribution in [-0.4, -0.2) is 39.9 Å². The average molecular weight is 352 g/mol. The molecule has 136 valence electrons. The van der Waals surface area contributed by atoms with Gasteiger partial charge in [0.25, 0.3) is 0 Å². The van der Waals surface area contributed by atoms with E-state index in [0.29, 0.717) is 17.7 Å². The van der Waals surface area contributed by atoms with Gasteiger partial charge in [0, 0.05) is 24.8 Å². The third kappa shape index (κ3) is 3.40. The molecular weight excluding hydrogens is 327 g/mol. The van der Waals surface area contributed by atoms with Gasteiger partial charge in [0.05, 0.1) is 6.04 Å². The minimum absolute atomic E-state index is 0.187. The summed E-state index contributed by atoms with van der Waals surface area (Å²) in [5, 5.41) is 4.58. The Bertz CT molecular complexity index is 791. The van der Waals surface area contributed by atoms with E-state index in [0.717, 1.165) is 38.8 Å². The fourth-order valence-corrected chi connectivity index (χ4v) is 4.62. The molecule has 1 aliphatic heterocycles. The summed E-state index contributed by atoms with van der Waals surface area (Å²) in [7, 11) is 0. The first-order chi connectivity index (χ1) is 12.6. The van der Waals surface area contributed by atoms with Gasteiger partial charge in [-0.2, -0.15) is 5.10 Å². The molecule has 2 aromatic rings. The molecule has 26 heavy (non-hydrogen) atoms. The number of benzene rings is 1. The van der Waals surface area contributed by atoms with Crippen molar-refractivity contribution in [1.29, 1.82) is 0 Å². The van der Waals surface area contributed by atoms with Gasteiger partial charge >= 0.3 is 0 Å². The smallest absolute Gasteiger partial charge is 0.134 e. The van der Waals surface area contributed by atoms with Crippen LogP contribution >= 0.6 is 0 Å². The fourth-order valence-electron chi connectivity index (χ4n) is 4.62. The van der Waals surface area contributed by atoms with E-state index in [4.69, 9.17) is 12.2 Å². The third-order valence-electron chi connectivity index (χ3n) is 5.89. The lowest BCUT2D eigenvalue weighted by Crippen LogP contribution is -2.49. The molecule has 2 fully saturated rings. The van der Waals surface area contributed by atoms with Crippen LogP contribution in [0.2, 0.25) is 0 Å². The Labute approximate surface area is 154 Å². The number of nitrogens with two attached hydrogens (primary N) is 1. The van der Waals surface area contributed by atoms with Crippen LogP contribution in [0, 0.1) is 18.2 Å². The summed E-state index contributed by atoms with van der Waals surface area (Å²) in [5.74, 6) is 2.82. The molecule has 0 radical (unpaired) electrons. The fraction of sp³-hybridized carbons (Fsp3) is 0.476. The van der Waals surface area contributed by atoms with E-state index in [9.17, 15) is 4.39 Å². The van der Waals surface area contributed by atoms with Gasteiger partial charge in [-0.15, -0.1) is 6.42 Å². The summed E-state index contributed by atoms with van der Waals surface area (Å²) >= 11 is 0. The van der Waals surface area contributed by atoms with E-state index in [2.05, 4.69) is 15.9 Å². The first-order valence-electron chi connectivity index (χ1n) is 9.41. The highest BCUT2D eigenvalue weighted by atomic mass is 19.1. The molecule has 2 aliphatic rings. The minimum Gasteiger partial charge on any atom is -0.327 e. The summed E-state index contributed by atoms with van der Waals surface area (Å²) in [6.07, 6.45) is 11.7. The first-order valence-corrected chi connectivity index (χ1v) is 9.41. The SMILES string of the molecule is C#Cc1ccn(C2CC(c3ccc(F)cc3)CC2N2CCCC(N)C2)n1. The Morgan fingerprint density at radius 1 is 1.15 bits per heavy atom. The number of hydrogen-bond acceptors (Lipinski definition) is 3. The standard InChI is InChI=1S/C21H25FN4/c1-2-19-9-11-26(24-19)21-13-16(15-5-7-17(22)8-6-15)12-20(21)25-10-3-4-18(23)14-25/h1,5-9,11,16,18,20-21H,3-4,10,12-14,23H2. The molecule has 1 aromatic heterocycles. The van der Waals surface area contributed by atoms with Crippen molar-refractivity contribution in [1.82, 2.24) is 14.7 Å². The number of likely N-dealkylation sites (tertiary alicyclic amines) is 1. The molecule has 1 saturated heterocycles. The molecule has 0 bridgehead atoms. The lowest BCUT2D eigenvalue weighted by Gasteiger charge is -2.38. The second kappa shape index (κ2) is 7.22. The molecule has 1 aromatic carbocycles. The third-order valence-corrected chi connectivity index (χ3v) is 5.89. The zero-order chi connectivity index (χ0) is 18.1. The molecule has 0 amide bonds. The molecule has 4 atom stereocenters. The van der Waals surface area contributed by atoms with Crippen LogP contribution in [-0.2, 0) is 0 Å². The van der Waals surface area contributed by atoms with Crippen molar-refractivity contribution in [2.24, 2.45) is 5.73 Å². The number of terminal acetylenes is 1. The van der Waals surface area contributed by atoms with Crippen LogP contribution in [0.4, 0.5) is 4.39 Å². The van der Waals surface area contributed by atoms with Gasteiger partial charge in [-0.05, 0) is 67.8 Å². The molecule has 4 rings (SSSR count). The number of hydrogen-bond donors (Lipinski definition) is 1. The second-order valence-corrected chi connectivity index (χ2v) is 7.58. The number of piperidine rings is 1. The summed E-state index contributed by atoms with van der Waals surface area (Å²) in [5.41, 5.74) is 8.10. The molecule has 2 heterocycles. The number of rotatable bonds is 3. The Hall–Kier alpha value is -2.16. The van der Waals surface area contributed by atoms with E-state index >= 15 is 0 Å². The lowest BCUT2D eigenvalue weighted by molar-refractivity contribution is 0.119. The predicted octanol–water partition coefficient (Wildman–Crippen LogP) is 2.91. The van der Waals surface area contributed by atoms with Crippen LogP contribution in [0.1, 0.15) is 48.9 Å². The molecule has 2 N–H and O–H groups in total. The van der Waals surface area contributed by atoms with Crippen molar-refractivity contribution in [3.8, 4) is 12.3 Å². The van der Waals surface area contributed by atoms with E-state index in [1.807, 2.05) is 29.1 Å². The molecule has 0 spiro atoms. The maximum Gasteiger partial charge on any atom is 0.134 e. The highest BCUT2D eigenvalue weighted by Crippen LogP contribution is 2.44. The highest BCUT2D eigenvalue weighted by Gasteiger charge is 2.40. The predicted molar refractivity (Wildman–Crippen MR) is 100 cm³/mol. The Morgan fingerprint density at radius 3 is 2.62 bits per heavy atom. The van der Waals surface area contributed by atoms with Crippen LogP contribution in [0.25, 0.3) is 0 Å². The van der Waals surface area contributed by atoms with E-state index in [-0.39, 0.29) is 17.9 Å². The summed E-state index contributed by atoms with van der Waals surface area (Å²) in [6.45, 7) is 2.01. The lowest BCUT2D eigenvalue weighted by atomic mass is 9.97. The van der Waals surface area contributed by atoms with Crippen molar-refractivity contribution < 1.29 is 4.39 Å². The molecule has 5 heteroatoms. The zero-order valence-electron chi connectivity index (χ0n) is 14.9. The molecule has 4 nitrogen and oxygen atoms in total. The quantitative estimate of drug-likeness (QED) is 0.864. The van der Waals surface area contributed by atoms with Crippen molar-refractivity contribution in [2.75, 3.05) is 13.1 Å². The van der Waals surface area contributed by atoms with Gasteiger partial charge < -0.3 is 5.73 Å². The zero-order valence-corrected chi connectivity index (χ0v) is 14.9. The van der Waals surface area contributed by atoms with Crippen molar-refractivity contribution in [3.63, 3.8) is 0 Å². The van der Waals surface area contributed by atoms with Gasteiger partial charge in [0.15, 0.2) is 0 Å². The monoisotopic (exact) mass is 352 g/mol. The summed E-state index contributed by atoms with van der Waals surface area (Å²) in [4.78, 5) is 2.53. The van der Waals surface area contributed by atoms with Gasteiger partial charge in [0.2, 0.25) is 0 Å². The molecule has 1 saturated carbocycles. The van der Waals surface area contributed by atoms with Gasteiger partial charge in [0.1, 0.15) is 11.5 Å². The van der Waals surface area contributed by atoms with E-state index in [1.54, 1.807) is 12.1 Å². The molecular formula is C21H25FN4. The number of nitrogens with zero attached hydrogens (tertiary/aromatic N) is 3. The van der Waals surface area contributed by atoms with Gasteiger partial charge in [-0.3, -0.25) is 9.58 Å². The first kappa shape index (κ1) is 17.3. The van der Waals surface area contributed by atoms with Crippen LogP contribution in [0.5, 0.6) is 0 Å². The van der Waals surface area contributed by atoms with Gasteiger partial charge in [-0.25, -0.2) is 4.39 Å². The number of aromatic nitrogens is 2. The van der Waals surface area contributed by atoms with Crippen molar-refractivity contribution in [3.05, 3.63) is 53.6 Å². The van der Waals surface area contributed by atoms with Crippen LogP contribution in [0.3, 0.4) is 0 Å². The van der Waals surface area contributed by atoms with Crippen LogP contribution in [0.15, 0.2) is 36.5 Å². The molecule has 1 aliphatic carbocycles. The average Bonchev–Trinajstić information content (AvgIpc) is 3.29. The molecule has 4 unspecified atom stereocenters. The van der Waals surface area contributed by atoms with Crippen molar-refractivity contribution >= 4 is 0 Å². The highest BCUT2D eigenvalue weighted by molar-refractivity contribution is 5.25. The van der Waals surface area contributed by atoms with Gasteiger partial charge in [-0.1, -0.05) is 12.1 Å². The Morgan fingerprint density at radius 2 is 1.92 bits per heavy atom. The number of halogens is 1. The normalized spacial score (nSPS) is 29.6. The summed E-state index contributed by atoms with van der Waals surface area (Å²) < 4.78 is 15.3. The Kier molecular flexibility index (Phi) is 4.80. The Balaban J connectivity index is 1.61. The van der Waals surface area contributed by atoms with E-state index in [1.165, 1.54) is 5.56 Å². The topological polar surface area (TPSA) is 47.1 Å². The van der Waals surface area contributed by atoms with Crippen LogP contribution < -0.4 is 5.73 Å².